The van der Waals surface area contributed by atoms with Gasteiger partial charge in [-0.2, -0.15) is 5.10 Å². The number of ketones is 1. The quantitative estimate of drug-likeness (QED) is 0.670. The molecule has 1 heterocycles. The van der Waals surface area contributed by atoms with E-state index >= 15 is 0 Å². The van der Waals surface area contributed by atoms with Gasteiger partial charge in [0.05, 0.1) is 17.8 Å². The summed E-state index contributed by atoms with van der Waals surface area (Å²) in [5.41, 5.74) is 0.980. The number of hydrogen-bond acceptors (Lipinski definition) is 3. The third-order valence-corrected chi connectivity index (χ3v) is 4.09. The van der Waals surface area contributed by atoms with Crippen LogP contribution in [0, 0.1) is 0 Å². The molecule has 1 aromatic heterocycles. The highest BCUT2D eigenvalue weighted by Gasteiger charge is 2.20. The molecule has 0 aliphatic heterocycles. The Hall–Kier alpha value is -0.690. The SMILES string of the molecule is CN(C)CCn1ncc(Cl)c1C(=O)c1cc(Br)cc(Br)c1. The zero-order valence-corrected chi connectivity index (χ0v) is 15.5. The Kier molecular flexibility index (Phi) is 5.60. The van der Waals surface area contributed by atoms with E-state index in [0.29, 0.717) is 22.8 Å². The van der Waals surface area contributed by atoms with Crippen molar-refractivity contribution >= 4 is 49.2 Å². The Morgan fingerprint density at radius 3 is 2.48 bits per heavy atom. The summed E-state index contributed by atoms with van der Waals surface area (Å²) in [6.45, 7) is 1.39. The minimum absolute atomic E-state index is 0.141. The van der Waals surface area contributed by atoms with Gasteiger partial charge < -0.3 is 4.90 Å². The van der Waals surface area contributed by atoms with Crippen LogP contribution in [0.1, 0.15) is 16.1 Å². The van der Waals surface area contributed by atoms with Gasteiger partial charge in [0.2, 0.25) is 5.78 Å². The van der Waals surface area contributed by atoms with Crippen molar-refractivity contribution in [2.75, 3.05) is 20.6 Å². The van der Waals surface area contributed by atoms with Crippen LogP contribution < -0.4 is 0 Å². The first kappa shape index (κ1) is 16.7. The second-order valence-corrected chi connectivity index (χ2v) is 7.09. The Morgan fingerprint density at radius 2 is 1.90 bits per heavy atom. The molecule has 0 aliphatic rings. The maximum absolute atomic E-state index is 12.7. The van der Waals surface area contributed by atoms with Crippen LogP contribution in [0.2, 0.25) is 5.02 Å². The summed E-state index contributed by atoms with van der Waals surface area (Å²) in [7, 11) is 3.94. The van der Waals surface area contributed by atoms with Gasteiger partial charge in [0.15, 0.2) is 0 Å². The highest BCUT2D eigenvalue weighted by atomic mass is 79.9. The van der Waals surface area contributed by atoms with E-state index in [0.717, 1.165) is 15.5 Å². The van der Waals surface area contributed by atoms with Gasteiger partial charge in [-0.3, -0.25) is 9.48 Å². The second kappa shape index (κ2) is 7.05. The molecule has 2 aromatic rings. The number of aromatic nitrogens is 2. The van der Waals surface area contributed by atoms with Crippen LogP contribution in [0.4, 0.5) is 0 Å². The van der Waals surface area contributed by atoms with Gasteiger partial charge in [-0.25, -0.2) is 0 Å². The number of carbonyl (C=O) groups excluding carboxylic acids is 1. The van der Waals surface area contributed by atoms with Crippen molar-refractivity contribution in [3.05, 3.63) is 49.6 Å². The molecule has 21 heavy (non-hydrogen) atoms. The van der Waals surface area contributed by atoms with Crippen molar-refractivity contribution < 1.29 is 4.79 Å². The fourth-order valence-corrected chi connectivity index (χ4v) is 3.39. The van der Waals surface area contributed by atoms with E-state index in [1.165, 1.54) is 6.20 Å². The van der Waals surface area contributed by atoms with Crippen molar-refractivity contribution in [3.63, 3.8) is 0 Å². The standard InChI is InChI=1S/C14H14Br2ClN3O/c1-19(2)3-4-20-13(12(17)8-18-20)14(21)9-5-10(15)7-11(16)6-9/h5-8H,3-4H2,1-2H3. The first-order valence-electron chi connectivity index (χ1n) is 6.25. The fourth-order valence-electron chi connectivity index (χ4n) is 1.87. The molecule has 0 atom stereocenters. The van der Waals surface area contributed by atoms with Gasteiger partial charge in [-0.05, 0) is 32.3 Å². The minimum Gasteiger partial charge on any atom is -0.308 e. The Balaban J connectivity index is 2.36. The second-order valence-electron chi connectivity index (χ2n) is 4.85. The molecular formula is C14H14Br2ClN3O. The van der Waals surface area contributed by atoms with Crippen molar-refractivity contribution in [2.24, 2.45) is 0 Å². The normalized spacial score (nSPS) is 11.1. The molecule has 0 unspecified atom stereocenters. The molecule has 0 fully saturated rings. The van der Waals surface area contributed by atoms with Gasteiger partial charge >= 0.3 is 0 Å². The van der Waals surface area contributed by atoms with Gasteiger partial charge in [0.1, 0.15) is 5.69 Å². The molecule has 0 bridgehead atoms. The molecule has 1 aromatic carbocycles. The van der Waals surface area contributed by atoms with Gasteiger partial charge in [-0.15, -0.1) is 0 Å². The van der Waals surface area contributed by atoms with Crippen LogP contribution in [0.25, 0.3) is 0 Å². The third kappa shape index (κ3) is 4.16. The van der Waals surface area contributed by atoms with E-state index in [2.05, 4.69) is 37.0 Å². The van der Waals surface area contributed by atoms with E-state index in [-0.39, 0.29) is 5.78 Å². The zero-order valence-electron chi connectivity index (χ0n) is 11.6. The highest BCUT2D eigenvalue weighted by Crippen LogP contribution is 2.24. The van der Waals surface area contributed by atoms with Crippen molar-refractivity contribution in [2.45, 2.75) is 6.54 Å². The lowest BCUT2D eigenvalue weighted by Gasteiger charge is -2.12. The molecule has 7 heteroatoms. The number of nitrogens with zero attached hydrogens (tertiary/aromatic N) is 3. The summed E-state index contributed by atoms with van der Waals surface area (Å²) in [5.74, 6) is -0.141. The smallest absolute Gasteiger partial charge is 0.212 e. The molecule has 112 valence electrons. The van der Waals surface area contributed by atoms with Crippen LogP contribution in [0.15, 0.2) is 33.3 Å². The van der Waals surface area contributed by atoms with Crippen LogP contribution in [-0.4, -0.2) is 41.1 Å². The third-order valence-electron chi connectivity index (χ3n) is 2.89. The molecule has 0 saturated carbocycles. The van der Waals surface area contributed by atoms with Gasteiger partial charge in [0.25, 0.3) is 0 Å². The van der Waals surface area contributed by atoms with Crippen LogP contribution >= 0.6 is 43.5 Å². The number of carbonyl (C=O) groups is 1. The summed E-state index contributed by atoms with van der Waals surface area (Å²) < 4.78 is 3.31. The van der Waals surface area contributed by atoms with Gasteiger partial charge in [0, 0.05) is 21.1 Å². The topological polar surface area (TPSA) is 38.1 Å². The summed E-state index contributed by atoms with van der Waals surface area (Å²) in [6.07, 6.45) is 1.51. The number of rotatable bonds is 5. The van der Waals surface area contributed by atoms with Crippen molar-refractivity contribution in [3.8, 4) is 0 Å². The molecular weight excluding hydrogens is 421 g/mol. The summed E-state index contributed by atoms with van der Waals surface area (Å²) in [5, 5.41) is 4.56. The van der Waals surface area contributed by atoms with E-state index in [9.17, 15) is 4.79 Å². The number of benzene rings is 1. The van der Waals surface area contributed by atoms with E-state index in [1.807, 2.05) is 25.1 Å². The Labute approximate surface area is 145 Å². The van der Waals surface area contributed by atoms with Crippen LogP contribution in [0.5, 0.6) is 0 Å². The number of hydrogen-bond donors (Lipinski definition) is 0. The van der Waals surface area contributed by atoms with Crippen molar-refractivity contribution in [1.29, 1.82) is 0 Å². The van der Waals surface area contributed by atoms with Crippen LogP contribution in [-0.2, 0) is 6.54 Å². The van der Waals surface area contributed by atoms with E-state index < -0.39 is 0 Å². The molecule has 0 N–H and O–H groups in total. The molecule has 0 saturated heterocycles. The predicted octanol–water partition coefficient (Wildman–Crippen LogP) is 3.85. The summed E-state index contributed by atoms with van der Waals surface area (Å²) >= 11 is 12.9. The van der Waals surface area contributed by atoms with Gasteiger partial charge in [-0.1, -0.05) is 43.5 Å². The lowest BCUT2D eigenvalue weighted by atomic mass is 10.1. The maximum atomic E-state index is 12.7. The molecule has 0 radical (unpaired) electrons. The van der Waals surface area contributed by atoms with Crippen molar-refractivity contribution in [1.82, 2.24) is 14.7 Å². The molecule has 2 rings (SSSR count). The average Bonchev–Trinajstić information content (AvgIpc) is 2.75. The fraction of sp³-hybridized carbons (Fsp3) is 0.286. The largest absolute Gasteiger partial charge is 0.308 e. The highest BCUT2D eigenvalue weighted by molar-refractivity contribution is 9.11. The molecule has 0 amide bonds. The minimum atomic E-state index is -0.141. The number of likely N-dealkylation sites (N-methyl/N-ethyl adjacent to an activating group) is 1. The summed E-state index contributed by atoms with van der Waals surface area (Å²) in [4.78, 5) is 14.7. The lowest BCUT2D eigenvalue weighted by molar-refractivity contribution is 0.102. The maximum Gasteiger partial charge on any atom is 0.212 e. The summed E-state index contributed by atoms with van der Waals surface area (Å²) in [6, 6.07) is 5.42. The predicted molar refractivity (Wildman–Crippen MR) is 91.1 cm³/mol. The van der Waals surface area contributed by atoms with E-state index in [4.69, 9.17) is 11.6 Å². The first-order chi connectivity index (χ1) is 9.88. The molecule has 4 nitrogen and oxygen atoms in total. The molecule has 0 aliphatic carbocycles. The average molecular weight is 436 g/mol. The number of halogens is 3. The zero-order chi connectivity index (χ0) is 15.6. The Bertz CT molecular complexity index is 650. The molecule has 0 spiro atoms. The lowest BCUT2D eigenvalue weighted by Crippen LogP contribution is -2.21. The Morgan fingerprint density at radius 1 is 1.29 bits per heavy atom. The van der Waals surface area contributed by atoms with E-state index in [1.54, 1.807) is 16.8 Å². The first-order valence-corrected chi connectivity index (χ1v) is 8.21. The van der Waals surface area contributed by atoms with Crippen LogP contribution in [0.3, 0.4) is 0 Å². The monoisotopic (exact) mass is 433 g/mol.